The fourth-order valence-electron chi connectivity index (χ4n) is 2.73. The van der Waals surface area contributed by atoms with E-state index in [0.717, 1.165) is 23.7 Å². The van der Waals surface area contributed by atoms with Crippen molar-refractivity contribution in [2.45, 2.75) is 50.7 Å². The van der Waals surface area contributed by atoms with Gasteiger partial charge in [-0.15, -0.1) is 0 Å². The van der Waals surface area contributed by atoms with E-state index in [-0.39, 0.29) is 12.6 Å². The highest BCUT2D eigenvalue weighted by Gasteiger charge is 2.35. The highest BCUT2D eigenvalue weighted by molar-refractivity contribution is 9.10. The van der Waals surface area contributed by atoms with Crippen LogP contribution in [0.3, 0.4) is 0 Å². The van der Waals surface area contributed by atoms with Crippen molar-refractivity contribution in [1.29, 1.82) is 0 Å². The molecule has 0 aromatic heterocycles. The molecule has 1 saturated heterocycles. The van der Waals surface area contributed by atoms with Crippen molar-refractivity contribution in [3.8, 4) is 0 Å². The number of aliphatic hydroxyl groups excluding tert-OH is 1. The molecule has 0 saturated carbocycles. The largest absolute Gasteiger partial charge is 0.392 e. The highest BCUT2D eigenvalue weighted by Crippen LogP contribution is 2.32. The number of hydrogen-bond donors (Lipinski definition) is 1. The molecule has 0 spiro atoms. The Labute approximate surface area is 129 Å². The molecule has 1 heterocycles. The zero-order valence-electron chi connectivity index (χ0n) is 11.8. The summed E-state index contributed by atoms with van der Waals surface area (Å²) in [5, 5.41) is 9.28. The van der Waals surface area contributed by atoms with Crippen LogP contribution < -0.4 is 0 Å². The zero-order chi connectivity index (χ0) is 14.9. The van der Waals surface area contributed by atoms with Gasteiger partial charge in [0.1, 0.15) is 0 Å². The first-order valence-corrected chi connectivity index (χ1v) is 9.06. The number of benzene rings is 1. The third kappa shape index (κ3) is 2.79. The lowest BCUT2D eigenvalue weighted by atomic mass is 10.2. The standard InChI is InChI=1S/C14H20BrNO3S/c1-3-12-5-4-6-16(12)20(18,19)14-8-11(9-17)7-13(15)10(14)2/h7-8,12,17H,3-6,9H2,1-2H3. The van der Waals surface area contributed by atoms with E-state index < -0.39 is 10.0 Å². The molecule has 0 amide bonds. The SMILES string of the molecule is CCC1CCCN1S(=O)(=O)c1cc(CO)cc(Br)c1C. The van der Waals surface area contributed by atoms with Gasteiger partial charge in [-0.05, 0) is 49.4 Å². The minimum Gasteiger partial charge on any atom is -0.392 e. The number of halogens is 1. The molecule has 112 valence electrons. The summed E-state index contributed by atoms with van der Waals surface area (Å²) in [6, 6.07) is 3.44. The molecule has 0 bridgehead atoms. The van der Waals surface area contributed by atoms with Gasteiger partial charge in [0.15, 0.2) is 0 Å². The van der Waals surface area contributed by atoms with Gasteiger partial charge >= 0.3 is 0 Å². The van der Waals surface area contributed by atoms with Crippen molar-refractivity contribution in [2.24, 2.45) is 0 Å². The quantitative estimate of drug-likeness (QED) is 0.896. The molecule has 1 unspecified atom stereocenters. The van der Waals surface area contributed by atoms with E-state index in [1.165, 1.54) is 0 Å². The van der Waals surface area contributed by atoms with Gasteiger partial charge in [0.25, 0.3) is 0 Å². The maximum absolute atomic E-state index is 12.9. The molecule has 0 radical (unpaired) electrons. The Kier molecular flexibility index (Phi) is 4.89. The summed E-state index contributed by atoms with van der Waals surface area (Å²) in [6.07, 6.45) is 2.67. The first kappa shape index (κ1) is 15.9. The Balaban J connectivity index is 2.51. The van der Waals surface area contributed by atoms with Crippen LogP contribution in [0.4, 0.5) is 0 Å². The van der Waals surface area contributed by atoms with E-state index in [1.807, 2.05) is 6.92 Å². The molecule has 2 rings (SSSR count). The van der Waals surface area contributed by atoms with Gasteiger partial charge in [-0.3, -0.25) is 0 Å². The first-order chi connectivity index (χ1) is 9.41. The van der Waals surface area contributed by atoms with Crippen LogP contribution in [0.15, 0.2) is 21.5 Å². The number of rotatable bonds is 4. The Bertz CT molecular complexity index is 601. The minimum atomic E-state index is -3.49. The number of sulfonamides is 1. The summed E-state index contributed by atoms with van der Waals surface area (Å²) in [6.45, 7) is 4.22. The van der Waals surface area contributed by atoms with Crippen molar-refractivity contribution >= 4 is 26.0 Å². The van der Waals surface area contributed by atoms with Gasteiger partial charge in [0, 0.05) is 17.1 Å². The van der Waals surface area contributed by atoms with Gasteiger partial charge in [0.05, 0.1) is 11.5 Å². The van der Waals surface area contributed by atoms with Crippen molar-refractivity contribution in [3.63, 3.8) is 0 Å². The van der Waals surface area contributed by atoms with E-state index in [1.54, 1.807) is 23.4 Å². The van der Waals surface area contributed by atoms with E-state index in [4.69, 9.17) is 0 Å². The Hall–Kier alpha value is -0.430. The predicted molar refractivity (Wildman–Crippen MR) is 82.0 cm³/mol. The van der Waals surface area contributed by atoms with Crippen LogP contribution in [-0.2, 0) is 16.6 Å². The number of aliphatic hydroxyl groups is 1. The molecule has 1 aliphatic heterocycles. The average molecular weight is 362 g/mol. The lowest BCUT2D eigenvalue weighted by molar-refractivity contribution is 0.281. The molecule has 4 nitrogen and oxygen atoms in total. The fraction of sp³-hybridized carbons (Fsp3) is 0.571. The molecule has 1 aromatic carbocycles. The van der Waals surface area contributed by atoms with Gasteiger partial charge in [0.2, 0.25) is 10.0 Å². The molecule has 1 aliphatic rings. The lowest BCUT2D eigenvalue weighted by Crippen LogP contribution is -2.35. The second-order valence-corrected chi connectivity index (χ2v) is 7.89. The second kappa shape index (κ2) is 6.13. The molecular weight excluding hydrogens is 342 g/mol. The van der Waals surface area contributed by atoms with Crippen molar-refractivity contribution in [1.82, 2.24) is 4.31 Å². The lowest BCUT2D eigenvalue weighted by Gasteiger charge is -2.24. The van der Waals surface area contributed by atoms with Crippen molar-refractivity contribution in [2.75, 3.05) is 6.54 Å². The van der Waals surface area contributed by atoms with Crippen LogP contribution in [0.1, 0.15) is 37.3 Å². The maximum Gasteiger partial charge on any atom is 0.243 e. The van der Waals surface area contributed by atoms with Crippen molar-refractivity contribution in [3.05, 3.63) is 27.7 Å². The van der Waals surface area contributed by atoms with E-state index >= 15 is 0 Å². The van der Waals surface area contributed by atoms with Gasteiger partial charge in [-0.2, -0.15) is 4.31 Å². The Morgan fingerprint density at radius 3 is 2.75 bits per heavy atom. The zero-order valence-corrected chi connectivity index (χ0v) is 14.2. The van der Waals surface area contributed by atoms with Crippen LogP contribution in [0.25, 0.3) is 0 Å². The van der Waals surface area contributed by atoms with Crippen LogP contribution >= 0.6 is 15.9 Å². The summed E-state index contributed by atoms with van der Waals surface area (Å²) in [5.74, 6) is 0. The summed E-state index contributed by atoms with van der Waals surface area (Å²) in [5.41, 5.74) is 1.30. The molecule has 0 aliphatic carbocycles. The van der Waals surface area contributed by atoms with E-state index in [9.17, 15) is 13.5 Å². The van der Waals surface area contributed by atoms with Crippen LogP contribution in [0, 0.1) is 6.92 Å². The molecule has 1 fully saturated rings. The Morgan fingerprint density at radius 2 is 2.15 bits per heavy atom. The predicted octanol–water partition coefficient (Wildman–Crippen LogP) is 2.81. The highest BCUT2D eigenvalue weighted by atomic mass is 79.9. The molecule has 1 N–H and O–H groups in total. The van der Waals surface area contributed by atoms with E-state index in [0.29, 0.717) is 22.6 Å². The van der Waals surface area contributed by atoms with Crippen LogP contribution in [0.5, 0.6) is 0 Å². The third-order valence-corrected chi connectivity index (χ3v) is 6.82. The summed E-state index contributed by atoms with van der Waals surface area (Å²) in [4.78, 5) is 0.302. The molecule has 1 atom stereocenters. The van der Waals surface area contributed by atoms with Gasteiger partial charge in [-0.1, -0.05) is 22.9 Å². The topological polar surface area (TPSA) is 57.6 Å². The first-order valence-electron chi connectivity index (χ1n) is 6.83. The molecule has 6 heteroatoms. The van der Waals surface area contributed by atoms with E-state index in [2.05, 4.69) is 15.9 Å². The van der Waals surface area contributed by atoms with Gasteiger partial charge in [-0.25, -0.2) is 8.42 Å². The van der Waals surface area contributed by atoms with Crippen LogP contribution in [0.2, 0.25) is 0 Å². The Morgan fingerprint density at radius 1 is 1.45 bits per heavy atom. The maximum atomic E-state index is 12.9. The minimum absolute atomic E-state index is 0.0935. The number of hydrogen-bond acceptors (Lipinski definition) is 3. The molecule has 20 heavy (non-hydrogen) atoms. The third-order valence-electron chi connectivity index (χ3n) is 3.92. The van der Waals surface area contributed by atoms with Crippen molar-refractivity contribution < 1.29 is 13.5 Å². The number of nitrogens with zero attached hydrogens (tertiary/aromatic N) is 1. The fourth-order valence-corrected chi connectivity index (χ4v) is 5.43. The monoisotopic (exact) mass is 361 g/mol. The smallest absolute Gasteiger partial charge is 0.243 e. The summed E-state index contributed by atoms with van der Waals surface area (Å²) in [7, 11) is -3.49. The van der Waals surface area contributed by atoms with Gasteiger partial charge < -0.3 is 5.11 Å². The van der Waals surface area contributed by atoms with Crippen LogP contribution in [-0.4, -0.2) is 30.4 Å². The second-order valence-electron chi connectivity index (χ2n) is 5.18. The summed E-state index contributed by atoms with van der Waals surface area (Å²) >= 11 is 3.38. The average Bonchev–Trinajstić information content (AvgIpc) is 2.90. The summed E-state index contributed by atoms with van der Waals surface area (Å²) < 4.78 is 28.1. The molecule has 1 aromatic rings. The normalized spacial score (nSPS) is 20.5. The molecular formula is C14H20BrNO3S.